The third kappa shape index (κ3) is 3.56. The summed E-state index contributed by atoms with van der Waals surface area (Å²) in [5.41, 5.74) is 8.45. The number of nitrogens with zero attached hydrogens (tertiary/aromatic N) is 3. The van der Waals surface area contributed by atoms with E-state index in [1.807, 2.05) is 6.07 Å². The molecule has 1 atom stereocenters. The van der Waals surface area contributed by atoms with E-state index in [0.29, 0.717) is 5.92 Å². The number of pyridine rings is 1. The van der Waals surface area contributed by atoms with E-state index in [1.165, 1.54) is 5.69 Å². The molecule has 1 unspecified atom stereocenters. The van der Waals surface area contributed by atoms with E-state index in [2.05, 4.69) is 55.3 Å². The van der Waals surface area contributed by atoms with Gasteiger partial charge in [-0.05, 0) is 31.4 Å². The minimum Gasteiger partial charge on any atom is -0.355 e. The minimum absolute atomic E-state index is 0.182. The average Bonchev–Trinajstić information content (AvgIpc) is 2.83. The average molecular weight is 288 g/mol. The van der Waals surface area contributed by atoms with Crippen molar-refractivity contribution < 1.29 is 0 Å². The van der Waals surface area contributed by atoms with Crippen molar-refractivity contribution >= 4 is 11.5 Å². The SMILES string of the molecule is CCC(N)Cc1c(N(CC)CC(C)C)nc2ccccn12. The quantitative estimate of drug-likeness (QED) is 0.851. The predicted octanol–water partition coefficient (Wildman–Crippen LogP) is 3.10. The molecule has 2 rings (SSSR count). The first-order valence-electron chi connectivity index (χ1n) is 8.03. The Kier molecular flexibility index (Phi) is 5.23. The molecule has 0 spiro atoms. The van der Waals surface area contributed by atoms with Gasteiger partial charge in [0.15, 0.2) is 5.82 Å². The predicted molar refractivity (Wildman–Crippen MR) is 89.9 cm³/mol. The Hall–Kier alpha value is -1.55. The second-order valence-electron chi connectivity index (χ2n) is 6.12. The van der Waals surface area contributed by atoms with Crippen LogP contribution < -0.4 is 10.6 Å². The van der Waals surface area contributed by atoms with Crippen LogP contribution in [0.15, 0.2) is 24.4 Å². The van der Waals surface area contributed by atoms with Gasteiger partial charge in [-0.1, -0.05) is 26.8 Å². The number of aromatic nitrogens is 2. The number of fused-ring (bicyclic) bond motifs is 1. The highest BCUT2D eigenvalue weighted by molar-refractivity contribution is 5.56. The Morgan fingerprint density at radius 3 is 2.67 bits per heavy atom. The Morgan fingerprint density at radius 2 is 2.05 bits per heavy atom. The second-order valence-corrected chi connectivity index (χ2v) is 6.12. The summed E-state index contributed by atoms with van der Waals surface area (Å²) >= 11 is 0. The third-order valence-corrected chi connectivity index (χ3v) is 3.85. The van der Waals surface area contributed by atoms with E-state index in [1.54, 1.807) is 0 Å². The van der Waals surface area contributed by atoms with Crippen molar-refractivity contribution in [3.63, 3.8) is 0 Å². The Balaban J connectivity index is 2.47. The molecule has 0 aliphatic heterocycles. The number of imidazole rings is 1. The van der Waals surface area contributed by atoms with E-state index < -0.39 is 0 Å². The van der Waals surface area contributed by atoms with Crippen molar-refractivity contribution in [2.45, 2.75) is 46.6 Å². The topological polar surface area (TPSA) is 46.6 Å². The molecule has 0 fully saturated rings. The molecule has 2 aromatic heterocycles. The van der Waals surface area contributed by atoms with Gasteiger partial charge in [0.25, 0.3) is 0 Å². The third-order valence-electron chi connectivity index (χ3n) is 3.85. The monoisotopic (exact) mass is 288 g/mol. The maximum atomic E-state index is 6.21. The summed E-state index contributed by atoms with van der Waals surface area (Å²) in [4.78, 5) is 7.23. The summed E-state index contributed by atoms with van der Waals surface area (Å²) in [7, 11) is 0. The number of anilines is 1. The molecule has 2 heterocycles. The zero-order chi connectivity index (χ0) is 15.4. The molecular formula is C17H28N4. The van der Waals surface area contributed by atoms with Gasteiger partial charge in [-0.3, -0.25) is 0 Å². The van der Waals surface area contributed by atoms with Gasteiger partial charge in [-0.25, -0.2) is 4.98 Å². The first-order chi connectivity index (χ1) is 10.1. The van der Waals surface area contributed by atoms with Crippen LogP contribution in [0.2, 0.25) is 0 Å². The first-order valence-corrected chi connectivity index (χ1v) is 8.03. The van der Waals surface area contributed by atoms with E-state index in [9.17, 15) is 0 Å². The minimum atomic E-state index is 0.182. The number of rotatable bonds is 7. The van der Waals surface area contributed by atoms with Crippen molar-refractivity contribution in [1.82, 2.24) is 9.38 Å². The lowest BCUT2D eigenvalue weighted by Gasteiger charge is -2.24. The van der Waals surface area contributed by atoms with E-state index in [4.69, 9.17) is 10.7 Å². The van der Waals surface area contributed by atoms with Crippen LogP contribution in [0.5, 0.6) is 0 Å². The van der Waals surface area contributed by atoms with Crippen LogP contribution in [0.25, 0.3) is 5.65 Å². The molecule has 0 bridgehead atoms. The fourth-order valence-electron chi connectivity index (χ4n) is 2.68. The van der Waals surface area contributed by atoms with Crippen molar-refractivity contribution in [2.24, 2.45) is 11.7 Å². The van der Waals surface area contributed by atoms with E-state index in [0.717, 1.165) is 37.4 Å². The van der Waals surface area contributed by atoms with Crippen LogP contribution in [-0.2, 0) is 6.42 Å². The molecule has 0 radical (unpaired) electrons. The summed E-state index contributed by atoms with van der Waals surface area (Å²) < 4.78 is 2.19. The van der Waals surface area contributed by atoms with Gasteiger partial charge in [-0.2, -0.15) is 0 Å². The van der Waals surface area contributed by atoms with Crippen LogP contribution in [0.3, 0.4) is 0 Å². The zero-order valence-corrected chi connectivity index (χ0v) is 13.7. The summed E-state index contributed by atoms with van der Waals surface area (Å²) in [6, 6.07) is 6.34. The lowest BCUT2D eigenvalue weighted by molar-refractivity contribution is 0.604. The molecule has 2 aromatic rings. The highest BCUT2D eigenvalue weighted by atomic mass is 15.2. The van der Waals surface area contributed by atoms with Crippen molar-refractivity contribution in [3.8, 4) is 0 Å². The molecule has 0 saturated carbocycles. The molecule has 0 aliphatic carbocycles. The molecule has 21 heavy (non-hydrogen) atoms. The normalized spacial score (nSPS) is 13.0. The molecule has 4 heteroatoms. The van der Waals surface area contributed by atoms with Crippen molar-refractivity contribution in [3.05, 3.63) is 30.1 Å². The van der Waals surface area contributed by atoms with Crippen molar-refractivity contribution in [1.29, 1.82) is 0 Å². The largest absolute Gasteiger partial charge is 0.355 e. The lowest BCUT2D eigenvalue weighted by Crippen LogP contribution is -2.30. The van der Waals surface area contributed by atoms with Crippen LogP contribution >= 0.6 is 0 Å². The van der Waals surface area contributed by atoms with Gasteiger partial charge in [0.1, 0.15) is 5.65 Å². The van der Waals surface area contributed by atoms with Crippen LogP contribution in [0.1, 0.15) is 39.8 Å². The molecule has 2 N–H and O–H groups in total. The van der Waals surface area contributed by atoms with Gasteiger partial charge in [0.05, 0.1) is 5.69 Å². The fraction of sp³-hybridized carbons (Fsp3) is 0.588. The molecule has 0 amide bonds. The molecule has 0 aromatic carbocycles. The summed E-state index contributed by atoms with van der Waals surface area (Å²) in [6.07, 6.45) is 3.94. The highest BCUT2D eigenvalue weighted by Crippen LogP contribution is 2.24. The molecular weight excluding hydrogens is 260 g/mol. The van der Waals surface area contributed by atoms with Gasteiger partial charge in [0, 0.05) is 31.7 Å². The highest BCUT2D eigenvalue weighted by Gasteiger charge is 2.19. The lowest BCUT2D eigenvalue weighted by atomic mass is 10.1. The second kappa shape index (κ2) is 6.94. The van der Waals surface area contributed by atoms with Crippen LogP contribution in [0.4, 0.5) is 5.82 Å². The van der Waals surface area contributed by atoms with Gasteiger partial charge in [0.2, 0.25) is 0 Å². The Labute approximate surface area is 128 Å². The van der Waals surface area contributed by atoms with Gasteiger partial charge < -0.3 is 15.0 Å². The van der Waals surface area contributed by atoms with Gasteiger partial charge in [-0.15, -0.1) is 0 Å². The van der Waals surface area contributed by atoms with E-state index >= 15 is 0 Å². The fourth-order valence-corrected chi connectivity index (χ4v) is 2.68. The van der Waals surface area contributed by atoms with Gasteiger partial charge >= 0.3 is 0 Å². The smallest absolute Gasteiger partial charge is 0.151 e. The summed E-state index contributed by atoms with van der Waals surface area (Å²) in [6.45, 7) is 10.8. The van der Waals surface area contributed by atoms with Crippen LogP contribution in [-0.4, -0.2) is 28.5 Å². The van der Waals surface area contributed by atoms with Crippen LogP contribution in [0, 0.1) is 5.92 Å². The molecule has 4 nitrogen and oxygen atoms in total. The zero-order valence-electron chi connectivity index (χ0n) is 13.7. The van der Waals surface area contributed by atoms with E-state index in [-0.39, 0.29) is 6.04 Å². The summed E-state index contributed by atoms with van der Waals surface area (Å²) in [5, 5.41) is 0. The Bertz CT molecular complexity index is 573. The number of nitrogens with two attached hydrogens (primary N) is 1. The molecule has 0 aliphatic rings. The van der Waals surface area contributed by atoms with Crippen molar-refractivity contribution in [2.75, 3.05) is 18.0 Å². The standard InChI is InChI=1S/C17H28N4/c1-5-14(18)11-15-17(20(6-2)12-13(3)4)19-16-9-7-8-10-21(15)16/h7-10,13-14H,5-6,11-12,18H2,1-4H3. The summed E-state index contributed by atoms with van der Waals surface area (Å²) in [5.74, 6) is 1.71. The Morgan fingerprint density at radius 1 is 1.29 bits per heavy atom. The molecule has 116 valence electrons. The molecule has 0 saturated heterocycles. The maximum Gasteiger partial charge on any atom is 0.151 e. The maximum absolute atomic E-state index is 6.21. The first kappa shape index (κ1) is 15.8. The number of hydrogen-bond donors (Lipinski definition) is 1. The number of hydrogen-bond acceptors (Lipinski definition) is 3.